The summed E-state index contributed by atoms with van der Waals surface area (Å²) in [6, 6.07) is 6.29. The first-order valence-electron chi connectivity index (χ1n) is 12.9. The van der Waals surface area contributed by atoms with Gasteiger partial charge in [-0.15, -0.1) is 0 Å². The van der Waals surface area contributed by atoms with Crippen LogP contribution in [0.3, 0.4) is 0 Å². The van der Waals surface area contributed by atoms with Gasteiger partial charge in [-0.2, -0.15) is 5.10 Å². The standard InChI is InChI=1S/C28H36N4O3/c1-5-6-19-11-17-12-20(32-23-14-28(3,4)15-24(34)25(23)16(2)31-32)13-22(26(17)27(35)30-19)29-18-7-9-21(33)10-8-18/h11-13,18,21,29,33H,5-10,14-15H2,1-4H3,(H,30,35). The van der Waals surface area contributed by atoms with Crippen molar-refractivity contribution in [2.45, 2.75) is 91.2 Å². The lowest BCUT2D eigenvalue weighted by Crippen LogP contribution is -2.29. The summed E-state index contributed by atoms with van der Waals surface area (Å²) in [4.78, 5) is 29.2. The van der Waals surface area contributed by atoms with E-state index in [1.165, 1.54) is 0 Å². The van der Waals surface area contributed by atoms with Crippen molar-refractivity contribution in [1.82, 2.24) is 14.8 Å². The van der Waals surface area contributed by atoms with E-state index in [0.29, 0.717) is 11.8 Å². The molecule has 1 saturated carbocycles. The van der Waals surface area contributed by atoms with E-state index in [2.05, 4.69) is 37.1 Å². The number of H-pyrrole nitrogens is 1. The highest BCUT2D eigenvalue weighted by Gasteiger charge is 2.36. The second-order valence-corrected chi connectivity index (χ2v) is 11.2. The summed E-state index contributed by atoms with van der Waals surface area (Å²) in [7, 11) is 0. The molecule has 0 bridgehead atoms. The van der Waals surface area contributed by atoms with Gasteiger partial charge in [-0.25, -0.2) is 4.68 Å². The van der Waals surface area contributed by atoms with Crippen LogP contribution in [0.1, 0.15) is 86.7 Å². The number of hydrogen-bond donors (Lipinski definition) is 3. The van der Waals surface area contributed by atoms with Crippen LogP contribution in [0.25, 0.3) is 16.5 Å². The summed E-state index contributed by atoms with van der Waals surface area (Å²) in [5, 5.41) is 19.9. The van der Waals surface area contributed by atoms with E-state index >= 15 is 0 Å². The smallest absolute Gasteiger partial charge is 0.258 e. The van der Waals surface area contributed by atoms with Gasteiger partial charge in [0.2, 0.25) is 0 Å². The second-order valence-electron chi connectivity index (χ2n) is 11.2. The maximum absolute atomic E-state index is 13.2. The first kappa shape index (κ1) is 23.8. The molecule has 186 valence electrons. The lowest BCUT2D eigenvalue weighted by molar-refractivity contribution is 0.0910. The molecule has 2 heterocycles. The molecule has 5 rings (SSSR count). The van der Waals surface area contributed by atoms with Gasteiger partial charge in [-0.1, -0.05) is 27.2 Å². The number of carbonyl (C=O) groups excluding carboxylic acids is 1. The number of aryl methyl sites for hydroxylation is 2. The van der Waals surface area contributed by atoms with Crippen LogP contribution in [0, 0.1) is 12.3 Å². The number of aromatic amines is 1. The number of fused-ring (bicyclic) bond motifs is 2. The van der Waals surface area contributed by atoms with Crippen LogP contribution in [-0.2, 0) is 12.8 Å². The molecule has 0 aliphatic heterocycles. The van der Waals surface area contributed by atoms with Gasteiger partial charge < -0.3 is 15.4 Å². The van der Waals surface area contributed by atoms with E-state index in [4.69, 9.17) is 5.10 Å². The van der Waals surface area contributed by atoms with E-state index in [9.17, 15) is 14.7 Å². The van der Waals surface area contributed by atoms with Gasteiger partial charge in [-0.3, -0.25) is 9.59 Å². The Kier molecular flexibility index (Phi) is 6.08. The van der Waals surface area contributed by atoms with Crippen LogP contribution in [-0.4, -0.2) is 37.8 Å². The van der Waals surface area contributed by atoms with Gasteiger partial charge in [0, 0.05) is 23.8 Å². The molecule has 2 aromatic heterocycles. The zero-order valence-electron chi connectivity index (χ0n) is 21.2. The molecule has 0 unspecified atom stereocenters. The fraction of sp³-hybridized carbons (Fsp3) is 0.536. The number of benzene rings is 1. The molecule has 2 aliphatic carbocycles. The van der Waals surface area contributed by atoms with Crippen molar-refractivity contribution in [2.75, 3.05) is 5.32 Å². The highest BCUT2D eigenvalue weighted by Crippen LogP contribution is 2.38. The molecule has 1 fully saturated rings. The third-order valence-corrected chi connectivity index (χ3v) is 7.52. The number of nitrogens with zero attached hydrogens (tertiary/aromatic N) is 2. The predicted octanol–water partition coefficient (Wildman–Crippen LogP) is 4.85. The number of aliphatic hydroxyl groups is 1. The molecule has 0 atom stereocenters. The van der Waals surface area contributed by atoms with Crippen molar-refractivity contribution in [3.8, 4) is 5.69 Å². The Balaban J connectivity index is 1.67. The zero-order chi connectivity index (χ0) is 24.9. The van der Waals surface area contributed by atoms with E-state index in [0.717, 1.165) is 84.4 Å². The van der Waals surface area contributed by atoms with Crippen LogP contribution < -0.4 is 10.9 Å². The number of hydrogen-bond acceptors (Lipinski definition) is 5. The number of nitrogens with one attached hydrogen (secondary N) is 2. The lowest BCUT2D eigenvalue weighted by atomic mass is 9.75. The Labute approximate surface area is 205 Å². The fourth-order valence-electron chi connectivity index (χ4n) is 5.88. The van der Waals surface area contributed by atoms with Gasteiger partial charge >= 0.3 is 0 Å². The normalized spacial score (nSPS) is 21.8. The lowest BCUT2D eigenvalue weighted by Gasteiger charge is -2.29. The average Bonchev–Trinajstić information content (AvgIpc) is 3.10. The summed E-state index contributed by atoms with van der Waals surface area (Å²) >= 11 is 0. The van der Waals surface area contributed by atoms with E-state index in [1.807, 2.05) is 23.7 Å². The monoisotopic (exact) mass is 476 g/mol. The number of aromatic nitrogens is 3. The van der Waals surface area contributed by atoms with Crippen LogP contribution >= 0.6 is 0 Å². The minimum absolute atomic E-state index is 0.0918. The molecular weight excluding hydrogens is 440 g/mol. The molecule has 0 amide bonds. The third-order valence-electron chi connectivity index (χ3n) is 7.52. The van der Waals surface area contributed by atoms with E-state index in [-0.39, 0.29) is 28.9 Å². The number of ketones is 1. The maximum Gasteiger partial charge on any atom is 0.258 e. The molecular formula is C28H36N4O3. The number of Topliss-reactive ketones (excluding diaryl/α,β-unsaturated/α-hetero) is 1. The Morgan fingerprint density at radius 1 is 1.14 bits per heavy atom. The summed E-state index contributed by atoms with van der Waals surface area (Å²) in [6.07, 6.45) is 6.04. The van der Waals surface area contributed by atoms with Gasteiger partial charge in [0.15, 0.2) is 5.78 Å². The van der Waals surface area contributed by atoms with Gasteiger partial charge in [0.25, 0.3) is 5.56 Å². The Bertz CT molecular complexity index is 1340. The maximum atomic E-state index is 13.2. The second kappa shape index (κ2) is 8.94. The molecule has 7 heteroatoms. The van der Waals surface area contributed by atoms with Crippen LogP contribution in [0.5, 0.6) is 0 Å². The molecule has 7 nitrogen and oxygen atoms in total. The molecule has 0 saturated heterocycles. The highest BCUT2D eigenvalue weighted by atomic mass is 16.3. The number of anilines is 1. The summed E-state index contributed by atoms with van der Waals surface area (Å²) in [6.45, 7) is 8.26. The van der Waals surface area contributed by atoms with E-state index < -0.39 is 0 Å². The van der Waals surface area contributed by atoms with Crippen molar-refractivity contribution in [3.05, 3.63) is 51.2 Å². The molecule has 3 aromatic rings. The highest BCUT2D eigenvalue weighted by molar-refractivity contribution is 6.00. The summed E-state index contributed by atoms with van der Waals surface area (Å²) in [5.74, 6) is 0.154. The van der Waals surface area contributed by atoms with Gasteiger partial charge in [0.1, 0.15) is 0 Å². The molecule has 0 spiro atoms. The van der Waals surface area contributed by atoms with Crippen molar-refractivity contribution in [1.29, 1.82) is 0 Å². The molecule has 1 aromatic carbocycles. The van der Waals surface area contributed by atoms with Crippen molar-refractivity contribution in [3.63, 3.8) is 0 Å². The minimum atomic E-state index is -0.240. The fourth-order valence-corrected chi connectivity index (χ4v) is 5.88. The SMILES string of the molecule is CCCc1cc2cc(-n3nc(C)c4c3CC(C)(C)CC4=O)cc(NC3CCC(O)CC3)c2c(=O)[nH]1. The van der Waals surface area contributed by atoms with Crippen LogP contribution in [0.15, 0.2) is 23.0 Å². The largest absolute Gasteiger partial charge is 0.393 e. The van der Waals surface area contributed by atoms with Crippen molar-refractivity contribution < 1.29 is 9.90 Å². The minimum Gasteiger partial charge on any atom is -0.393 e. The topological polar surface area (TPSA) is 100 Å². The molecule has 2 aliphatic rings. The molecule has 3 N–H and O–H groups in total. The number of aliphatic hydroxyl groups excluding tert-OH is 1. The summed E-state index contributed by atoms with van der Waals surface area (Å²) < 4.78 is 1.92. The number of pyridine rings is 1. The quantitative estimate of drug-likeness (QED) is 0.489. The first-order valence-corrected chi connectivity index (χ1v) is 12.9. The Morgan fingerprint density at radius 3 is 2.60 bits per heavy atom. The van der Waals surface area contributed by atoms with Crippen LogP contribution in [0.4, 0.5) is 5.69 Å². The average molecular weight is 477 g/mol. The van der Waals surface area contributed by atoms with Crippen molar-refractivity contribution in [2.24, 2.45) is 5.41 Å². The van der Waals surface area contributed by atoms with Crippen LogP contribution in [0.2, 0.25) is 0 Å². The molecule has 0 radical (unpaired) electrons. The number of carbonyl (C=O) groups is 1. The van der Waals surface area contributed by atoms with E-state index in [1.54, 1.807) is 0 Å². The predicted molar refractivity (Wildman–Crippen MR) is 139 cm³/mol. The zero-order valence-corrected chi connectivity index (χ0v) is 21.2. The third kappa shape index (κ3) is 4.54. The Morgan fingerprint density at radius 2 is 1.89 bits per heavy atom. The van der Waals surface area contributed by atoms with Crippen molar-refractivity contribution >= 4 is 22.2 Å². The Hall–Kier alpha value is -2.93. The van der Waals surface area contributed by atoms with Gasteiger partial charge in [-0.05, 0) is 74.4 Å². The summed E-state index contributed by atoms with van der Waals surface area (Å²) in [5.41, 5.74) is 4.81. The first-order chi connectivity index (χ1) is 16.6. The molecule has 35 heavy (non-hydrogen) atoms. The van der Waals surface area contributed by atoms with Gasteiger partial charge in [0.05, 0.1) is 34.1 Å². The number of rotatable bonds is 5.